The maximum absolute atomic E-state index is 12.0. The van der Waals surface area contributed by atoms with Gasteiger partial charge >= 0.3 is 0 Å². The number of azide groups is 1. The van der Waals surface area contributed by atoms with Crippen molar-refractivity contribution in [1.29, 1.82) is 0 Å². The molecule has 0 saturated heterocycles. The molecular weight excluding hydrogens is 380 g/mol. The predicted octanol–water partition coefficient (Wildman–Crippen LogP) is 4.66. The summed E-state index contributed by atoms with van der Waals surface area (Å²) in [6, 6.07) is 7.55. The van der Waals surface area contributed by atoms with Crippen LogP contribution in [0.4, 0.5) is 5.69 Å². The van der Waals surface area contributed by atoms with E-state index in [9.17, 15) is 15.0 Å². The van der Waals surface area contributed by atoms with Crippen molar-refractivity contribution >= 4 is 11.6 Å². The zero-order valence-corrected chi connectivity index (χ0v) is 18.1. The number of allylic oxidation sites excluding steroid dienone is 1. The fraction of sp³-hybridized carbons (Fsp3) is 0.609. The smallest absolute Gasteiger partial charge is 0.224 e. The number of benzene rings is 1. The summed E-state index contributed by atoms with van der Waals surface area (Å²) in [5.74, 6) is 0.151. The van der Waals surface area contributed by atoms with Gasteiger partial charge in [-0.2, -0.15) is 0 Å². The third-order valence-electron chi connectivity index (χ3n) is 5.76. The van der Waals surface area contributed by atoms with Crippen LogP contribution >= 0.6 is 0 Å². The van der Waals surface area contributed by atoms with Crippen molar-refractivity contribution in [3.05, 3.63) is 52.4 Å². The van der Waals surface area contributed by atoms with Crippen LogP contribution in [0.5, 0.6) is 0 Å². The molecule has 0 bridgehead atoms. The van der Waals surface area contributed by atoms with Crippen LogP contribution in [0.25, 0.3) is 10.4 Å². The van der Waals surface area contributed by atoms with Crippen LogP contribution in [0.1, 0.15) is 56.9 Å². The first-order valence-corrected chi connectivity index (χ1v) is 10.7. The molecule has 2 rings (SSSR count). The Hall–Kier alpha value is -2.34. The highest BCUT2D eigenvalue weighted by Gasteiger charge is 2.35. The molecule has 30 heavy (non-hydrogen) atoms. The molecule has 1 aromatic rings. The van der Waals surface area contributed by atoms with E-state index in [-0.39, 0.29) is 18.2 Å². The highest BCUT2D eigenvalue weighted by Crippen LogP contribution is 2.36. The maximum Gasteiger partial charge on any atom is 0.224 e. The second-order valence-electron chi connectivity index (χ2n) is 8.60. The van der Waals surface area contributed by atoms with Gasteiger partial charge in [-0.05, 0) is 62.0 Å². The van der Waals surface area contributed by atoms with Crippen molar-refractivity contribution in [2.24, 2.45) is 11.0 Å². The van der Waals surface area contributed by atoms with E-state index in [2.05, 4.69) is 10.0 Å². The second-order valence-corrected chi connectivity index (χ2v) is 8.60. The molecule has 0 aliphatic heterocycles. The van der Waals surface area contributed by atoms with Crippen molar-refractivity contribution in [3.63, 3.8) is 0 Å². The summed E-state index contributed by atoms with van der Waals surface area (Å²) in [5.41, 5.74) is 9.29. The lowest BCUT2D eigenvalue weighted by molar-refractivity contribution is -0.135. The molecule has 0 radical (unpaired) electrons. The van der Waals surface area contributed by atoms with Crippen LogP contribution in [-0.4, -0.2) is 46.8 Å². The fourth-order valence-electron chi connectivity index (χ4n) is 4.00. The summed E-state index contributed by atoms with van der Waals surface area (Å²) in [6.45, 7) is 0. The zero-order valence-electron chi connectivity index (χ0n) is 18.1. The van der Waals surface area contributed by atoms with E-state index < -0.39 is 11.7 Å². The van der Waals surface area contributed by atoms with Crippen molar-refractivity contribution in [2.45, 2.75) is 69.5 Å². The van der Waals surface area contributed by atoms with E-state index in [1.165, 1.54) is 10.5 Å². The van der Waals surface area contributed by atoms with Gasteiger partial charge in [0, 0.05) is 24.7 Å². The number of aliphatic hydroxyl groups is 2. The first kappa shape index (κ1) is 23.9. The number of aliphatic hydroxyl groups excluding tert-OH is 1. The first-order valence-electron chi connectivity index (χ1n) is 10.7. The van der Waals surface area contributed by atoms with Gasteiger partial charge < -0.3 is 15.1 Å². The van der Waals surface area contributed by atoms with E-state index in [1.54, 1.807) is 14.1 Å². The molecule has 1 aromatic carbocycles. The maximum atomic E-state index is 12.0. The van der Waals surface area contributed by atoms with Gasteiger partial charge in [0.25, 0.3) is 0 Å². The van der Waals surface area contributed by atoms with Crippen LogP contribution < -0.4 is 0 Å². The summed E-state index contributed by atoms with van der Waals surface area (Å²) < 4.78 is 0. The monoisotopic (exact) mass is 414 g/mol. The third-order valence-corrected chi connectivity index (χ3v) is 5.76. The quantitative estimate of drug-likeness (QED) is 0.191. The second kappa shape index (κ2) is 11.7. The number of nitrogens with zero attached hydrogens (tertiary/aromatic N) is 4. The molecule has 0 heterocycles. The average Bonchev–Trinajstić information content (AvgIpc) is 2.71. The van der Waals surface area contributed by atoms with E-state index in [0.29, 0.717) is 24.9 Å². The molecule has 164 valence electrons. The van der Waals surface area contributed by atoms with Crippen molar-refractivity contribution in [2.75, 3.05) is 14.1 Å². The summed E-state index contributed by atoms with van der Waals surface area (Å²) in [6.07, 6.45) is 10.1. The van der Waals surface area contributed by atoms with E-state index >= 15 is 0 Å². The minimum atomic E-state index is -0.937. The van der Waals surface area contributed by atoms with Gasteiger partial charge in [0.05, 0.1) is 18.1 Å². The summed E-state index contributed by atoms with van der Waals surface area (Å²) in [5, 5.41) is 24.6. The van der Waals surface area contributed by atoms with Crippen LogP contribution in [0.15, 0.2) is 41.5 Å². The van der Waals surface area contributed by atoms with Gasteiger partial charge in [-0.1, -0.05) is 48.0 Å². The highest BCUT2D eigenvalue weighted by atomic mass is 16.3. The van der Waals surface area contributed by atoms with Gasteiger partial charge in [-0.3, -0.25) is 4.79 Å². The third kappa shape index (κ3) is 8.19. The molecule has 1 amide bonds. The first-order chi connectivity index (χ1) is 14.3. The SMILES string of the molecule is CN(C)C(=O)C[C@]1(O)CCC[C@@H](/C=C/C(O)CCCCc2ccc(N=[N+]=[N-])cc2)C1. The Morgan fingerprint density at radius 3 is 2.77 bits per heavy atom. The molecule has 2 N–H and O–H groups in total. The van der Waals surface area contributed by atoms with Crippen LogP contribution in [0.3, 0.4) is 0 Å². The van der Waals surface area contributed by atoms with E-state index in [4.69, 9.17) is 5.53 Å². The minimum Gasteiger partial charge on any atom is -0.389 e. The number of carbonyl (C=O) groups excluding carboxylic acids is 1. The molecule has 0 spiro atoms. The standard InChI is InChI=1S/C23H34N4O3/c1-27(2)22(29)17-23(30)15-5-7-19(16-23)11-14-21(28)8-4-3-6-18-9-12-20(13-10-18)25-26-24/h9-14,19,21,28,30H,3-8,15-17H2,1-2H3/b14-11+/t19-,21?,23-/m0/s1. The van der Waals surface area contributed by atoms with Crippen LogP contribution in [0.2, 0.25) is 0 Å². The lowest BCUT2D eigenvalue weighted by Crippen LogP contribution is -2.40. The molecule has 7 nitrogen and oxygen atoms in total. The Kier molecular flexibility index (Phi) is 9.37. The topological polar surface area (TPSA) is 110 Å². The van der Waals surface area contributed by atoms with Crippen molar-refractivity contribution < 1.29 is 15.0 Å². The number of rotatable bonds is 10. The molecule has 1 aliphatic carbocycles. The Balaban J connectivity index is 1.71. The largest absolute Gasteiger partial charge is 0.389 e. The number of amides is 1. The number of hydrogen-bond acceptors (Lipinski definition) is 4. The number of carbonyl (C=O) groups is 1. The lowest BCUT2D eigenvalue weighted by atomic mass is 9.76. The predicted molar refractivity (Wildman–Crippen MR) is 118 cm³/mol. The van der Waals surface area contributed by atoms with E-state index in [1.807, 2.05) is 36.4 Å². The average molecular weight is 415 g/mol. The zero-order chi connectivity index (χ0) is 22.0. The summed E-state index contributed by atoms with van der Waals surface area (Å²) in [7, 11) is 3.42. The Labute approximate surface area is 179 Å². The number of unbranched alkanes of at least 4 members (excludes halogenated alkanes) is 1. The highest BCUT2D eigenvalue weighted by molar-refractivity contribution is 5.76. The van der Waals surface area contributed by atoms with Crippen LogP contribution in [0, 0.1) is 5.92 Å². The van der Waals surface area contributed by atoms with Gasteiger partial charge in [0.2, 0.25) is 5.91 Å². The van der Waals surface area contributed by atoms with Crippen molar-refractivity contribution in [1.82, 2.24) is 4.90 Å². The normalized spacial score (nSPS) is 22.5. The number of aryl methyl sites for hydroxylation is 1. The van der Waals surface area contributed by atoms with E-state index in [0.717, 1.165) is 32.1 Å². The Morgan fingerprint density at radius 1 is 1.37 bits per heavy atom. The molecule has 7 heteroatoms. The fourth-order valence-corrected chi connectivity index (χ4v) is 4.00. The van der Waals surface area contributed by atoms with Gasteiger partial charge in [0.15, 0.2) is 0 Å². The Bertz CT molecular complexity index is 756. The van der Waals surface area contributed by atoms with Gasteiger partial charge in [-0.25, -0.2) is 0 Å². The molecule has 1 saturated carbocycles. The van der Waals surface area contributed by atoms with Crippen molar-refractivity contribution in [3.8, 4) is 0 Å². The molecule has 1 unspecified atom stereocenters. The molecule has 0 aromatic heterocycles. The Morgan fingerprint density at radius 2 is 2.10 bits per heavy atom. The molecule has 1 fully saturated rings. The lowest BCUT2D eigenvalue weighted by Gasteiger charge is -2.36. The van der Waals surface area contributed by atoms with Gasteiger partial charge in [-0.15, -0.1) is 0 Å². The summed E-state index contributed by atoms with van der Waals surface area (Å²) in [4.78, 5) is 16.3. The number of hydrogen-bond donors (Lipinski definition) is 2. The summed E-state index contributed by atoms with van der Waals surface area (Å²) >= 11 is 0. The van der Waals surface area contributed by atoms with Gasteiger partial charge in [0.1, 0.15) is 0 Å². The molecule has 3 atom stereocenters. The van der Waals surface area contributed by atoms with Crippen LogP contribution in [-0.2, 0) is 11.2 Å². The minimum absolute atomic E-state index is 0.0467. The molecule has 1 aliphatic rings. The molecular formula is C23H34N4O3.